The summed E-state index contributed by atoms with van der Waals surface area (Å²) in [5.74, 6) is 7.47. The molecule has 5 aliphatic heterocycles. The fourth-order valence-corrected chi connectivity index (χ4v) is 17.6. The molecule has 0 spiro atoms. The number of ether oxygens (including phenoxy) is 4. The normalized spacial score (nSPS) is 18.8. The third kappa shape index (κ3) is 21.9. The number of hydrogen-bond acceptors (Lipinski definition) is 36. The molecular weight excluding hydrogens is 1960 g/mol. The second-order valence-corrected chi connectivity index (χ2v) is 35.6. The predicted molar refractivity (Wildman–Crippen MR) is 514 cm³/mol. The molecule has 5 fully saturated rings. The summed E-state index contributed by atoms with van der Waals surface area (Å²) in [7, 11) is 0. The first-order chi connectivity index (χ1) is 71.0. The first-order valence-corrected chi connectivity index (χ1v) is 46.9. The molecule has 0 radical (unpaired) electrons. The van der Waals surface area contributed by atoms with Crippen molar-refractivity contribution >= 4 is 80.5 Å². The first-order valence-electron chi connectivity index (χ1n) is 46.1. The van der Waals surface area contributed by atoms with Crippen molar-refractivity contribution in [2.45, 2.75) is 116 Å². The lowest BCUT2D eigenvalue weighted by Crippen LogP contribution is -2.43. The molecule has 0 amide bonds. The Morgan fingerprint density at radius 1 is 0.381 bits per heavy atom. The molecule has 0 saturated carbocycles. The standard InChI is InChI=1S/C20H16ClFN6O.2C20H18F3N7O2.C20H18N8O2.C16H16ClFN6/c21-13-11-28-16(10-25-19(28)9-14(13)22)20-24-6-4-18(26-20)27-7-8-29-17(12-27)15-3-1-2-5-23-15;2*1-11-8-29(10-15(31-11)19-26-12(2)28-32-19)17-5-6-24-18(27-17)14-7-25-16-4-3-13(9-30(14)16)20(21,22)23;1-12-9-27(11-16(29-12)20-24-13(2)26-30-20)18-5-6-22-19(25-18)15-8-23-17-4-3-14(7-21)10-28(15)17;17-11-9-24-13(7-21-15(24)6-12(11)18)16-20-4-3-14(22-16)23-5-1-2-10(19)8-23/h1-6,9-11,17H,7-8,12H2;2*3-7,9,11,15H,8,10H2,1-2H3;3-6,8,10,12,16H,9,11H2,1-2H3;3-4,6-7,9-10H,1-2,5,8,19H2/t;2*11-,15-;12-,16-;10-/m.1000/s1. The molecule has 19 aromatic rings. The highest BCUT2D eigenvalue weighted by Crippen LogP contribution is 2.39. The SMILES string of the molecule is Cc1noc([C@@H]2CN(c3ccnc(-c4cnc5ccc(C#N)cn45)n3)C[C@H](C)O2)n1.Cc1noc([C@@H]2CN(c3ccnc(-c4cnc5ccc(C(F)(F)F)cn45)n3)C[C@H](C)O2)n1.Cc1noc([C@H]2CN(c3ccnc(-c4cnc5ccc(C(F)(F)F)cn45)n3)C[C@@H](C)O2)n1.Fc1cc2ncc(-c3nccc(N4CCOC(c5ccccn5)C4)n3)n2cc1Cl.N[C@H]1CCCN(c2ccnc(-c3cnc4cc(F)c(Cl)cn34)n2)C1. The molecule has 1 unspecified atom stereocenters. The molecule has 41 nitrogen and oxygen atoms in total. The van der Waals surface area contributed by atoms with Crippen LogP contribution in [0.5, 0.6) is 0 Å². The average Bonchev–Trinajstić information content (AvgIpc) is 1.65. The molecule has 5 aliphatic rings. The highest BCUT2D eigenvalue weighted by Gasteiger charge is 2.38. The van der Waals surface area contributed by atoms with Crippen LogP contribution < -0.4 is 30.2 Å². The van der Waals surface area contributed by atoms with Gasteiger partial charge in [0.15, 0.2) is 64.9 Å². The summed E-state index contributed by atoms with van der Waals surface area (Å²) in [4.78, 5) is 93.8. The van der Waals surface area contributed by atoms with Crippen LogP contribution in [0.1, 0.15) is 116 Å². The quantitative estimate of drug-likeness (QED) is 0.0988. The molecule has 51 heteroatoms. The second-order valence-electron chi connectivity index (χ2n) is 34.8. The van der Waals surface area contributed by atoms with Crippen molar-refractivity contribution in [3.05, 3.63) is 275 Å². The predicted octanol–water partition coefficient (Wildman–Crippen LogP) is 15.3. The highest BCUT2D eigenvalue weighted by atomic mass is 35.5. The van der Waals surface area contributed by atoms with Gasteiger partial charge in [-0.15, -0.1) is 0 Å². The van der Waals surface area contributed by atoms with E-state index in [0.717, 1.165) is 79.3 Å². The Bertz CT molecular complexity index is 7800. The summed E-state index contributed by atoms with van der Waals surface area (Å²) in [5, 5.41) is 20.7. The minimum absolute atomic E-state index is 0.0132. The molecule has 24 heterocycles. The number of nitrogens with two attached hydrogens (primary N) is 1. The van der Waals surface area contributed by atoms with Crippen molar-refractivity contribution in [3.63, 3.8) is 0 Å². The fraction of sp³-hybridized carbons (Fsp3) is 0.302. The number of imidazole rings is 5. The van der Waals surface area contributed by atoms with Crippen LogP contribution in [-0.4, -0.2) is 229 Å². The maximum absolute atomic E-state index is 13.7. The lowest BCUT2D eigenvalue weighted by atomic mass is 10.1. The van der Waals surface area contributed by atoms with Crippen LogP contribution in [0.25, 0.3) is 85.8 Å². The van der Waals surface area contributed by atoms with Gasteiger partial charge in [0.25, 0.3) is 17.7 Å². The number of pyridine rings is 6. The molecule has 147 heavy (non-hydrogen) atoms. The molecule has 5 saturated heterocycles. The van der Waals surface area contributed by atoms with E-state index in [-0.39, 0.29) is 58.3 Å². The van der Waals surface area contributed by atoms with Crippen molar-refractivity contribution in [3.8, 4) is 63.7 Å². The largest absolute Gasteiger partial charge is 0.417 e. The summed E-state index contributed by atoms with van der Waals surface area (Å²) >= 11 is 11.8. The number of hydrogen-bond donors (Lipinski definition) is 1. The topological polar surface area (TPSA) is 448 Å². The number of rotatable bonds is 14. The Morgan fingerprint density at radius 2 is 0.735 bits per heavy atom. The average molecular weight is 2050 g/mol. The molecule has 8 atom stereocenters. The van der Waals surface area contributed by atoms with Crippen molar-refractivity contribution in [2.75, 3.05) is 96.6 Å². The minimum Gasteiger partial charge on any atom is -0.368 e. The Morgan fingerprint density at radius 3 is 1.09 bits per heavy atom. The van der Waals surface area contributed by atoms with Crippen molar-refractivity contribution in [1.29, 1.82) is 5.26 Å². The Labute approximate surface area is 838 Å². The Hall–Kier alpha value is -16.3. The summed E-state index contributed by atoms with van der Waals surface area (Å²) in [6.07, 6.45) is 16.1. The van der Waals surface area contributed by atoms with E-state index in [2.05, 4.69) is 121 Å². The number of alkyl halides is 6. The van der Waals surface area contributed by atoms with Crippen molar-refractivity contribution in [2.24, 2.45) is 5.73 Å². The van der Waals surface area contributed by atoms with Gasteiger partial charge in [0.1, 0.15) is 110 Å². The minimum atomic E-state index is -4.47. The summed E-state index contributed by atoms with van der Waals surface area (Å²) < 4.78 is 154. The number of fused-ring (bicyclic) bond motifs is 5. The van der Waals surface area contributed by atoms with E-state index < -0.39 is 47.3 Å². The molecule has 0 bridgehead atoms. The molecule has 2 N–H and O–H groups in total. The summed E-state index contributed by atoms with van der Waals surface area (Å²) in [6, 6.07) is 27.9. The van der Waals surface area contributed by atoms with Gasteiger partial charge < -0.3 is 62.7 Å². The lowest BCUT2D eigenvalue weighted by molar-refractivity contribution is -0.138. The Balaban J connectivity index is 0.000000112. The van der Waals surface area contributed by atoms with Crippen molar-refractivity contribution < 1.29 is 67.6 Å². The fourth-order valence-electron chi connectivity index (χ4n) is 17.3. The van der Waals surface area contributed by atoms with Crippen LogP contribution in [0.3, 0.4) is 0 Å². The first kappa shape index (κ1) is 98.1. The Kier molecular flexibility index (Phi) is 27.9. The van der Waals surface area contributed by atoms with Gasteiger partial charge in [-0.3, -0.25) is 27.0 Å². The van der Waals surface area contributed by atoms with Crippen LogP contribution >= 0.6 is 23.2 Å². The van der Waals surface area contributed by atoms with Gasteiger partial charge >= 0.3 is 12.4 Å². The van der Waals surface area contributed by atoms with Gasteiger partial charge in [-0.05, 0) is 133 Å². The van der Waals surface area contributed by atoms with Gasteiger partial charge in [0.2, 0.25) is 0 Å². The number of aryl methyl sites for hydroxylation is 3. The van der Waals surface area contributed by atoms with Crippen LogP contribution in [0.15, 0.2) is 210 Å². The summed E-state index contributed by atoms with van der Waals surface area (Å²) in [6.45, 7) is 17.9. The third-order valence-electron chi connectivity index (χ3n) is 24.2. The zero-order chi connectivity index (χ0) is 102. The van der Waals surface area contributed by atoms with Gasteiger partial charge in [0, 0.05) is 126 Å². The smallest absolute Gasteiger partial charge is 0.368 e. The number of anilines is 5. The second kappa shape index (κ2) is 41.8. The number of morpholine rings is 4. The van der Waals surface area contributed by atoms with E-state index in [1.54, 1.807) is 116 Å². The van der Waals surface area contributed by atoms with E-state index in [9.17, 15) is 40.4 Å². The van der Waals surface area contributed by atoms with E-state index >= 15 is 0 Å². The molecular formula is C96H86Cl2F8N34O7. The van der Waals surface area contributed by atoms with Crippen LogP contribution in [-0.2, 0) is 31.3 Å². The zero-order valence-corrected chi connectivity index (χ0v) is 80.3. The number of nitriles is 1. The number of halogens is 10. The number of piperidine rings is 1. The third-order valence-corrected chi connectivity index (χ3v) is 24.7. The van der Waals surface area contributed by atoms with Crippen molar-refractivity contribution in [1.82, 2.24) is 132 Å². The molecule has 19 aromatic heterocycles. The maximum atomic E-state index is 13.7. The number of aromatic nitrogens is 27. The van der Waals surface area contributed by atoms with Gasteiger partial charge in [-0.1, -0.05) is 44.7 Å². The molecule has 752 valence electrons. The van der Waals surface area contributed by atoms with E-state index in [1.807, 2.05) is 71.4 Å². The maximum Gasteiger partial charge on any atom is 0.417 e. The lowest BCUT2D eigenvalue weighted by Gasteiger charge is -2.36. The highest BCUT2D eigenvalue weighted by molar-refractivity contribution is 6.31. The summed E-state index contributed by atoms with van der Waals surface area (Å²) in [5.41, 5.74) is 11.0. The molecule has 24 rings (SSSR count). The molecule has 0 aromatic carbocycles. The van der Waals surface area contributed by atoms with E-state index in [1.165, 1.54) is 57.9 Å². The molecule has 0 aliphatic carbocycles. The van der Waals surface area contributed by atoms with Crippen LogP contribution in [0.4, 0.5) is 64.2 Å². The monoisotopic (exact) mass is 2050 g/mol. The van der Waals surface area contributed by atoms with Crippen LogP contribution in [0.2, 0.25) is 10.0 Å². The zero-order valence-electron chi connectivity index (χ0n) is 78.8. The van der Waals surface area contributed by atoms with Gasteiger partial charge in [-0.2, -0.15) is 46.6 Å². The van der Waals surface area contributed by atoms with Gasteiger partial charge in [0.05, 0.1) is 115 Å². The number of nitrogens with zero attached hydrogens (tertiary/aromatic N) is 33. The van der Waals surface area contributed by atoms with Crippen LogP contribution in [0, 0.1) is 43.7 Å². The van der Waals surface area contributed by atoms with E-state index in [4.69, 9.17) is 71.4 Å². The van der Waals surface area contributed by atoms with Gasteiger partial charge in [-0.25, -0.2) is 83.5 Å². The van der Waals surface area contributed by atoms with E-state index in [0.29, 0.717) is 180 Å².